The summed E-state index contributed by atoms with van der Waals surface area (Å²) in [5.41, 5.74) is 3.62. The highest BCUT2D eigenvalue weighted by atomic mass is 15.2. The molecule has 0 bridgehead atoms. The number of hydrogen-bond donors (Lipinski definition) is 2. The molecule has 164 valence electrons. The van der Waals surface area contributed by atoms with Crippen molar-refractivity contribution in [1.82, 2.24) is 30.1 Å². The number of pyridine rings is 1. The van der Waals surface area contributed by atoms with Crippen molar-refractivity contribution in [2.75, 3.05) is 26.2 Å². The molecule has 7 nitrogen and oxygen atoms in total. The second-order valence-corrected chi connectivity index (χ2v) is 8.24. The molecule has 0 spiro atoms. The van der Waals surface area contributed by atoms with E-state index in [1.54, 1.807) is 0 Å². The standard InChI is InChI=1S/C24H33N7/c1-3-25-24(26-13-10-23-29-28-22-9-4-5-14-31(22)23)27-21-11-15-30(16-12-21)18-20-8-6-7-19(2)17-20/h4-9,14,17,21H,3,10-13,15-16,18H2,1-2H3,(H2,25,26,27). The number of benzene rings is 1. The molecule has 1 fully saturated rings. The second kappa shape index (κ2) is 10.4. The van der Waals surface area contributed by atoms with Crippen LogP contribution in [0.3, 0.4) is 0 Å². The Kier molecular flexibility index (Phi) is 7.14. The van der Waals surface area contributed by atoms with E-state index in [1.807, 2.05) is 28.8 Å². The van der Waals surface area contributed by atoms with E-state index >= 15 is 0 Å². The van der Waals surface area contributed by atoms with E-state index in [-0.39, 0.29) is 0 Å². The maximum Gasteiger partial charge on any atom is 0.191 e. The third-order valence-corrected chi connectivity index (χ3v) is 5.75. The summed E-state index contributed by atoms with van der Waals surface area (Å²) in [5.74, 6) is 1.84. The third-order valence-electron chi connectivity index (χ3n) is 5.75. The smallest absolute Gasteiger partial charge is 0.191 e. The molecule has 3 heterocycles. The topological polar surface area (TPSA) is 69.8 Å². The van der Waals surface area contributed by atoms with Crippen molar-refractivity contribution in [3.05, 3.63) is 65.6 Å². The van der Waals surface area contributed by atoms with Crippen molar-refractivity contribution in [3.63, 3.8) is 0 Å². The number of hydrogen-bond acceptors (Lipinski definition) is 4. The number of aliphatic imine (C=N–C) groups is 1. The molecule has 1 aromatic carbocycles. The molecule has 31 heavy (non-hydrogen) atoms. The van der Waals surface area contributed by atoms with Crippen LogP contribution >= 0.6 is 0 Å². The van der Waals surface area contributed by atoms with Crippen molar-refractivity contribution < 1.29 is 0 Å². The Morgan fingerprint density at radius 2 is 2.00 bits per heavy atom. The normalized spacial score (nSPS) is 16.0. The predicted octanol–water partition coefficient (Wildman–Crippen LogP) is 2.80. The monoisotopic (exact) mass is 419 g/mol. The largest absolute Gasteiger partial charge is 0.357 e. The fourth-order valence-corrected chi connectivity index (χ4v) is 4.15. The zero-order valence-corrected chi connectivity index (χ0v) is 18.6. The first kappa shape index (κ1) is 21.3. The van der Waals surface area contributed by atoms with E-state index in [2.05, 4.69) is 63.8 Å². The van der Waals surface area contributed by atoms with Gasteiger partial charge in [-0.2, -0.15) is 0 Å². The molecule has 0 radical (unpaired) electrons. The number of fused-ring (bicyclic) bond motifs is 1. The fraction of sp³-hybridized carbons (Fsp3) is 0.458. The van der Waals surface area contributed by atoms with Crippen LogP contribution in [0, 0.1) is 6.92 Å². The minimum absolute atomic E-state index is 0.459. The van der Waals surface area contributed by atoms with Gasteiger partial charge in [-0.1, -0.05) is 35.9 Å². The van der Waals surface area contributed by atoms with Crippen LogP contribution in [0.25, 0.3) is 5.65 Å². The van der Waals surface area contributed by atoms with E-state index in [9.17, 15) is 0 Å². The summed E-state index contributed by atoms with van der Waals surface area (Å²) in [6, 6.07) is 15.2. The van der Waals surface area contributed by atoms with Gasteiger partial charge >= 0.3 is 0 Å². The first-order valence-corrected chi connectivity index (χ1v) is 11.3. The first-order chi connectivity index (χ1) is 15.2. The van der Waals surface area contributed by atoms with Gasteiger partial charge in [0.15, 0.2) is 11.6 Å². The average molecular weight is 420 g/mol. The molecule has 4 rings (SSSR count). The van der Waals surface area contributed by atoms with E-state index in [0.717, 1.165) is 62.9 Å². The summed E-state index contributed by atoms with van der Waals surface area (Å²) in [5, 5.41) is 15.5. The molecule has 0 aliphatic carbocycles. The highest BCUT2D eigenvalue weighted by Crippen LogP contribution is 2.15. The Morgan fingerprint density at radius 3 is 2.81 bits per heavy atom. The lowest BCUT2D eigenvalue weighted by atomic mass is 10.0. The molecule has 0 atom stereocenters. The molecule has 0 amide bonds. The lowest BCUT2D eigenvalue weighted by molar-refractivity contribution is 0.198. The van der Waals surface area contributed by atoms with E-state index in [1.165, 1.54) is 11.1 Å². The van der Waals surface area contributed by atoms with Gasteiger partial charge in [0, 0.05) is 51.4 Å². The number of aryl methyl sites for hydroxylation is 1. The number of guanidine groups is 1. The Bertz CT molecular complexity index is 1000. The van der Waals surface area contributed by atoms with Gasteiger partial charge in [-0.3, -0.25) is 14.3 Å². The van der Waals surface area contributed by atoms with Crippen molar-refractivity contribution in [3.8, 4) is 0 Å². The summed E-state index contributed by atoms with van der Waals surface area (Å²) in [6.07, 6.45) is 5.02. The van der Waals surface area contributed by atoms with Crippen LogP contribution in [0.4, 0.5) is 0 Å². The van der Waals surface area contributed by atoms with Gasteiger partial charge in [-0.15, -0.1) is 10.2 Å². The van der Waals surface area contributed by atoms with Crippen LogP contribution in [0.1, 0.15) is 36.7 Å². The van der Waals surface area contributed by atoms with Gasteiger partial charge in [-0.25, -0.2) is 0 Å². The van der Waals surface area contributed by atoms with Crippen LogP contribution < -0.4 is 10.6 Å². The minimum Gasteiger partial charge on any atom is -0.357 e. The third kappa shape index (κ3) is 5.82. The average Bonchev–Trinajstić information content (AvgIpc) is 3.18. The van der Waals surface area contributed by atoms with Gasteiger partial charge < -0.3 is 10.6 Å². The fourth-order valence-electron chi connectivity index (χ4n) is 4.15. The number of nitrogens with zero attached hydrogens (tertiary/aromatic N) is 5. The number of piperidine rings is 1. The van der Waals surface area contributed by atoms with E-state index in [0.29, 0.717) is 12.6 Å². The Balaban J connectivity index is 1.27. The molecule has 2 aromatic heterocycles. The maximum atomic E-state index is 4.79. The Labute approximate surface area is 184 Å². The van der Waals surface area contributed by atoms with Crippen molar-refractivity contribution >= 4 is 11.6 Å². The molecule has 7 heteroatoms. The Hall–Kier alpha value is -2.93. The molecule has 0 saturated carbocycles. The van der Waals surface area contributed by atoms with E-state index < -0.39 is 0 Å². The van der Waals surface area contributed by atoms with E-state index in [4.69, 9.17) is 4.99 Å². The maximum absolute atomic E-state index is 4.79. The number of aromatic nitrogens is 3. The second-order valence-electron chi connectivity index (χ2n) is 8.24. The summed E-state index contributed by atoms with van der Waals surface area (Å²) >= 11 is 0. The first-order valence-electron chi connectivity index (χ1n) is 11.3. The van der Waals surface area contributed by atoms with Crippen LogP contribution in [-0.2, 0) is 13.0 Å². The molecule has 1 aliphatic rings. The van der Waals surface area contributed by atoms with Crippen LogP contribution in [0.5, 0.6) is 0 Å². The summed E-state index contributed by atoms with van der Waals surface area (Å²) in [4.78, 5) is 7.33. The van der Waals surface area contributed by atoms with Crippen LogP contribution in [0.2, 0.25) is 0 Å². The SMILES string of the molecule is CCNC(=NCCc1nnc2ccccn12)NC1CCN(Cc2cccc(C)c2)CC1. The minimum atomic E-state index is 0.459. The lowest BCUT2D eigenvalue weighted by Gasteiger charge is -2.33. The van der Waals surface area contributed by atoms with Crippen LogP contribution in [-0.4, -0.2) is 57.7 Å². The number of rotatable bonds is 7. The van der Waals surface area contributed by atoms with Crippen LogP contribution in [0.15, 0.2) is 53.7 Å². The predicted molar refractivity (Wildman–Crippen MR) is 125 cm³/mol. The zero-order chi connectivity index (χ0) is 21.5. The van der Waals surface area contributed by atoms with Crippen molar-refractivity contribution in [2.45, 2.75) is 45.7 Å². The lowest BCUT2D eigenvalue weighted by Crippen LogP contribution is -2.48. The molecule has 1 aliphatic heterocycles. The molecular formula is C24H33N7. The van der Waals surface area contributed by atoms with Gasteiger partial charge in [0.05, 0.1) is 0 Å². The molecule has 1 saturated heterocycles. The van der Waals surface area contributed by atoms with Gasteiger partial charge in [0.25, 0.3) is 0 Å². The summed E-state index contributed by atoms with van der Waals surface area (Å²) in [6.45, 7) is 9.05. The number of nitrogens with one attached hydrogen (secondary N) is 2. The summed E-state index contributed by atoms with van der Waals surface area (Å²) < 4.78 is 2.03. The highest BCUT2D eigenvalue weighted by molar-refractivity contribution is 5.80. The van der Waals surface area contributed by atoms with Gasteiger partial charge in [0.1, 0.15) is 5.82 Å². The highest BCUT2D eigenvalue weighted by Gasteiger charge is 2.20. The van der Waals surface area contributed by atoms with Gasteiger partial charge in [-0.05, 0) is 44.4 Å². The summed E-state index contributed by atoms with van der Waals surface area (Å²) in [7, 11) is 0. The molecule has 3 aromatic rings. The quantitative estimate of drug-likeness (QED) is 0.455. The molecule has 2 N–H and O–H groups in total. The number of likely N-dealkylation sites (tertiary alicyclic amines) is 1. The van der Waals surface area contributed by atoms with Gasteiger partial charge in [0.2, 0.25) is 0 Å². The molecule has 0 unspecified atom stereocenters. The zero-order valence-electron chi connectivity index (χ0n) is 18.6. The van der Waals surface area contributed by atoms with Crippen molar-refractivity contribution in [1.29, 1.82) is 0 Å². The Morgan fingerprint density at radius 1 is 1.13 bits per heavy atom. The van der Waals surface area contributed by atoms with Crippen molar-refractivity contribution in [2.24, 2.45) is 4.99 Å². The molecular weight excluding hydrogens is 386 g/mol.